The molecule has 3 rings (SSSR count). The molecule has 0 bridgehead atoms. The van der Waals surface area contributed by atoms with Gasteiger partial charge in [-0.25, -0.2) is 0 Å². The number of rotatable bonds is 3. The summed E-state index contributed by atoms with van der Waals surface area (Å²) in [5.41, 5.74) is 3.59. The van der Waals surface area contributed by atoms with Gasteiger partial charge < -0.3 is 14.9 Å². The molecule has 0 spiro atoms. The highest BCUT2D eigenvalue weighted by molar-refractivity contribution is 6.01. The first-order valence-electron chi connectivity index (χ1n) is 9.02. The molecule has 140 valence electrons. The lowest BCUT2D eigenvalue weighted by atomic mass is 9.95. The average Bonchev–Trinajstić information content (AvgIpc) is 2.85. The lowest BCUT2D eigenvalue weighted by Crippen LogP contribution is -2.34. The SMILES string of the molecule is C=CC(=O)N(C)c1ccc(C(=O)N2CCc3ccc(O)cc3C(C)C2)cc1. The summed E-state index contributed by atoms with van der Waals surface area (Å²) >= 11 is 0. The number of nitrogens with zero attached hydrogens (tertiary/aromatic N) is 2. The van der Waals surface area contributed by atoms with Crippen molar-refractivity contribution in [3.63, 3.8) is 0 Å². The zero-order chi connectivity index (χ0) is 19.6. The Morgan fingerprint density at radius 1 is 1.22 bits per heavy atom. The minimum Gasteiger partial charge on any atom is -0.508 e. The van der Waals surface area contributed by atoms with E-state index in [0.29, 0.717) is 24.3 Å². The second-order valence-electron chi connectivity index (χ2n) is 6.93. The van der Waals surface area contributed by atoms with Gasteiger partial charge in [-0.1, -0.05) is 19.6 Å². The van der Waals surface area contributed by atoms with Crippen LogP contribution in [0.3, 0.4) is 0 Å². The van der Waals surface area contributed by atoms with E-state index in [9.17, 15) is 14.7 Å². The number of carbonyl (C=O) groups is 2. The van der Waals surface area contributed by atoms with Gasteiger partial charge in [-0.15, -0.1) is 0 Å². The van der Waals surface area contributed by atoms with Gasteiger partial charge in [-0.3, -0.25) is 9.59 Å². The maximum Gasteiger partial charge on any atom is 0.253 e. The number of hydrogen-bond acceptors (Lipinski definition) is 3. The Hall–Kier alpha value is -3.08. The summed E-state index contributed by atoms with van der Waals surface area (Å²) in [6.07, 6.45) is 2.02. The second kappa shape index (κ2) is 7.66. The Balaban J connectivity index is 1.76. The molecule has 1 unspecified atom stereocenters. The molecule has 0 saturated carbocycles. The number of benzene rings is 2. The fraction of sp³-hybridized carbons (Fsp3) is 0.273. The molecule has 0 fully saturated rings. The predicted molar refractivity (Wildman–Crippen MR) is 106 cm³/mol. The van der Waals surface area contributed by atoms with Gasteiger partial charge in [0.05, 0.1) is 0 Å². The Morgan fingerprint density at radius 3 is 2.59 bits per heavy atom. The van der Waals surface area contributed by atoms with Crippen molar-refractivity contribution >= 4 is 17.5 Å². The summed E-state index contributed by atoms with van der Waals surface area (Å²) in [6.45, 7) is 6.80. The highest BCUT2D eigenvalue weighted by Crippen LogP contribution is 2.29. The van der Waals surface area contributed by atoms with E-state index in [-0.39, 0.29) is 23.5 Å². The van der Waals surface area contributed by atoms with Gasteiger partial charge in [-0.05, 0) is 65.9 Å². The van der Waals surface area contributed by atoms with Crippen LogP contribution in [0.4, 0.5) is 5.69 Å². The first kappa shape index (κ1) is 18.7. The lowest BCUT2D eigenvalue weighted by molar-refractivity contribution is -0.113. The van der Waals surface area contributed by atoms with Crippen molar-refractivity contribution in [2.45, 2.75) is 19.3 Å². The maximum absolute atomic E-state index is 13.0. The number of phenols is 1. The van der Waals surface area contributed by atoms with Gasteiger partial charge in [0, 0.05) is 31.4 Å². The molecule has 27 heavy (non-hydrogen) atoms. The number of phenolic OH excluding ortho intramolecular Hbond substituents is 1. The van der Waals surface area contributed by atoms with Gasteiger partial charge in [0.1, 0.15) is 5.75 Å². The molecule has 2 amide bonds. The van der Waals surface area contributed by atoms with E-state index in [2.05, 4.69) is 13.5 Å². The molecule has 2 aromatic carbocycles. The van der Waals surface area contributed by atoms with E-state index in [0.717, 1.165) is 12.0 Å². The molecule has 0 aliphatic carbocycles. The summed E-state index contributed by atoms with van der Waals surface area (Å²) in [4.78, 5) is 28.0. The van der Waals surface area contributed by atoms with Crippen molar-refractivity contribution in [3.05, 3.63) is 71.8 Å². The summed E-state index contributed by atoms with van der Waals surface area (Å²) in [6, 6.07) is 12.5. The number of likely N-dealkylation sites (N-methyl/N-ethyl adjacent to an activating group) is 1. The highest BCUT2D eigenvalue weighted by atomic mass is 16.3. The second-order valence-corrected chi connectivity index (χ2v) is 6.93. The Bertz CT molecular complexity index is 874. The number of aromatic hydroxyl groups is 1. The standard InChI is InChI=1S/C22H24N2O3/c1-4-21(26)23(3)18-8-5-17(6-9-18)22(27)24-12-11-16-7-10-19(25)13-20(16)15(2)14-24/h4-10,13,15,25H,1,11-12,14H2,2-3H3. The number of amides is 2. The Morgan fingerprint density at radius 2 is 1.93 bits per heavy atom. The molecule has 1 aliphatic heterocycles. The van der Waals surface area contributed by atoms with Crippen LogP contribution in [-0.4, -0.2) is 42.0 Å². The summed E-state index contributed by atoms with van der Waals surface area (Å²) < 4.78 is 0. The van der Waals surface area contributed by atoms with Gasteiger partial charge in [0.2, 0.25) is 5.91 Å². The largest absolute Gasteiger partial charge is 0.508 e. The molecule has 1 aliphatic rings. The lowest BCUT2D eigenvalue weighted by Gasteiger charge is -2.23. The van der Waals surface area contributed by atoms with Crippen LogP contribution in [0.25, 0.3) is 0 Å². The Kier molecular flexibility index (Phi) is 5.31. The van der Waals surface area contributed by atoms with Crippen LogP contribution in [0.2, 0.25) is 0 Å². The third-order valence-electron chi connectivity index (χ3n) is 5.10. The molecule has 1 N–H and O–H groups in total. The average molecular weight is 364 g/mol. The van der Waals surface area contributed by atoms with Crippen LogP contribution >= 0.6 is 0 Å². The van der Waals surface area contributed by atoms with Crippen molar-refractivity contribution < 1.29 is 14.7 Å². The number of carbonyl (C=O) groups excluding carboxylic acids is 2. The Labute approximate surface area is 159 Å². The fourth-order valence-corrected chi connectivity index (χ4v) is 3.50. The topological polar surface area (TPSA) is 60.9 Å². The van der Waals surface area contributed by atoms with Crippen molar-refractivity contribution in [1.82, 2.24) is 4.90 Å². The summed E-state index contributed by atoms with van der Waals surface area (Å²) in [7, 11) is 1.67. The van der Waals surface area contributed by atoms with E-state index in [1.54, 1.807) is 43.4 Å². The maximum atomic E-state index is 13.0. The molecular weight excluding hydrogens is 340 g/mol. The van der Waals surface area contributed by atoms with Crippen molar-refractivity contribution in [3.8, 4) is 5.75 Å². The zero-order valence-corrected chi connectivity index (χ0v) is 15.7. The smallest absolute Gasteiger partial charge is 0.253 e. The molecule has 1 atom stereocenters. The van der Waals surface area contributed by atoms with Crippen LogP contribution in [0.5, 0.6) is 5.75 Å². The van der Waals surface area contributed by atoms with Crippen molar-refractivity contribution in [2.24, 2.45) is 0 Å². The summed E-state index contributed by atoms with van der Waals surface area (Å²) in [5.74, 6) is 0.183. The number of hydrogen-bond donors (Lipinski definition) is 1. The van der Waals surface area contributed by atoms with Gasteiger partial charge >= 0.3 is 0 Å². The number of fused-ring (bicyclic) bond motifs is 1. The molecule has 0 radical (unpaired) electrons. The molecule has 0 aromatic heterocycles. The first-order chi connectivity index (χ1) is 12.9. The molecule has 0 saturated heterocycles. The van der Waals surface area contributed by atoms with Gasteiger partial charge in [-0.2, -0.15) is 0 Å². The molecule has 5 heteroatoms. The van der Waals surface area contributed by atoms with Crippen LogP contribution in [0.15, 0.2) is 55.1 Å². The highest BCUT2D eigenvalue weighted by Gasteiger charge is 2.24. The zero-order valence-electron chi connectivity index (χ0n) is 15.7. The monoisotopic (exact) mass is 364 g/mol. The van der Waals surface area contributed by atoms with Crippen LogP contribution in [0.1, 0.15) is 34.3 Å². The fourth-order valence-electron chi connectivity index (χ4n) is 3.50. The quantitative estimate of drug-likeness (QED) is 0.850. The first-order valence-corrected chi connectivity index (χ1v) is 9.02. The minimum atomic E-state index is -0.198. The van der Waals surface area contributed by atoms with E-state index >= 15 is 0 Å². The predicted octanol–water partition coefficient (Wildman–Crippen LogP) is 3.34. The van der Waals surface area contributed by atoms with Gasteiger partial charge in [0.25, 0.3) is 5.91 Å². The van der Waals surface area contributed by atoms with E-state index in [1.165, 1.54) is 16.5 Å². The minimum absolute atomic E-state index is 0.0249. The van der Waals surface area contributed by atoms with Gasteiger partial charge in [0.15, 0.2) is 0 Å². The van der Waals surface area contributed by atoms with E-state index in [4.69, 9.17) is 0 Å². The third kappa shape index (κ3) is 3.87. The third-order valence-corrected chi connectivity index (χ3v) is 5.10. The van der Waals surface area contributed by atoms with E-state index in [1.807, 2.05) is 11.0 Å². The molecule has 2 aromatic rings. The van der Waals surface area contributed by atoms with Crippen LogP contribution < -0.4 is 4.90 Å². The van der Waals surface area contributed by atoms with E-state index < -0.39 is 0 Å². The molecule has 1 heterocycles. The normalized spacial score (nSPS) is 16.2. The molecular formula is C22H24N2O3. The van der Waals surface area contributed by atoms with Crippen LogP contribution in [0, 0.1) is 0 Å². The molecule has 5 nitrogen and oxygen atoms in total. The van der Waals surface area contributed by atoms with Crippen molar-refractivity contribution in [2.75, 3.05) is 25.0 Å². The number of anilines is 1. The summed E-state index contributed by atoms with van der Waals surface area (Å²) in [5, 5.41) is 9.76. The van der Waals surface area contributed by atoms with Crippen LogP contribution in [-0.2, 0) is 11.2 Å². The van der Waals surface area contributed by atoms with Crippen molar-refractivity contribution in [1.29, 1.82) is 0 Å².